The second kappa shape index (κ2) is 7.41. The molecule has 0 radical (unpaired) electrons. The van der Waals surface area contributed by atoms with Gasteiger partial charge in [-0.1, -0.05) is 6.07 Å². The Kier molecular flexibility index (Phi) is 5.16. The number of carbonyl (C=O) groups is 1. The number of fused-ring (bicyclic) bond motifs is 1. The minimum absolute atomic E-state index is 0.138. The number of alkyl halides is 3. The Hall–Kier alpha value is -3.24. The number of carbonyl (C=O) groups excluding carboxylic acids is 1. The predicted octanol–water partition coefficient (Wildman–Crippen LogP) is 3.31. The molecule has 0 fully saturated rings. The molecule has 1 aromatic carbocycles. The fraction of sp³-hybridized carbons (Fsp3) is 0.294. The van der Waals surface area contributed by atoms with Crippen molar-refractivity contribution in [3.63, 3.8) is 0 Å². The predicted molar refractivity (Wildman–Crippen MR) is 89.9 cm³/mol. The maximum atomic E-state index is 14.0. The molecule has 0 amide bonds. The molecule has 1 atom stereocenters. The van der Waals surface area contributed by atoms with E-state index in [-0.39, 0.29) is 17.8 Å². The zero-order valence-electron chi connectivity index (χ0n) is 14.8. The van der Waals surface area contributed by atoms with E-state index in [1.807, 2.05) is 0 Å². The van der Waals surface area contributed by atoms with Crippen LogP contribution in [0.3, 0.4) is 0 Å². The highest BCUT2D eigenvalue weighted by atomic mass is 19.4. The van der Waals surface area contributed by atoms with Gasteiger partial charge in [0.25, 0.3) is 5.78 Å². The van der Waals surface area contributed by atoms with Gasteiger partial charge in [0, 0.05) is 11.8 Å². The Morgan fingerprint density at radius 1 is 1.32 bits per heavy atom. The third-order valence-electron chi connectivity index (χ3n) is 4.00. The van der Waals surface area contributed by atoms with Gasteiger partial charge in [-0.2, -0.15) is 27.8 Å². The lowest BCUT2D eigenvalue weighted by Gasteiger charge is -2.21. The molecule has 28 heavy (non-hydrogen) atoms. The summed E-state index contributed by atoms with van der Waals surface area (Å²) in [6.45, 7) is 1.72. The molecule has 0 saturated carbocycles. The molecule has 0 aliphatic rings. The van der Waals surface area contributed by atoms with Gasteiger partial charge in [0.2, 0.25) is 0 Å². The zero-order valence-corrected chi connectivity index (χ0v) is 14.8. The van der Waals surface area contributed by atoms with Crippen molar-refractivity contribution in [3.8, 4) is 0 Å². The topological polar surface area (TPSA) is 81.4 Å². The van der Waals surface area contributed by atoms with Gasteiger partial charge in [-0.3, -0.25) is 4.79 Å². The minimum Gasteiger partial charge on any atom is -0.469 e. The fourth-order valence-electron chi connectivity index (χ4n) is 2.69. The molecule has 2 heterocycles. The molecule has 11 heteroatoms. The number of nitrogens with zero attached hydrogens (tertiary/aromatic N) is 4. The molecule has 0 bridgehead atoms. The number of hydrogen-bond acceptors (Lipinski definition) is 6. The lowest BCUT2D eigenvalue weighted by Crippen LogP contribution is -2.19. The Balaban J connectivity index is 2.01. The van der Waals surface area contributed by atoms with Gasteiger partial charge >= 0.3 is 12.1 Å². The van der Waals surface area contributed by atoms with Crippen LogP contribution < -0.4 is 5.32 Å². The van der Waals surface area contributed by atoms with Crippen LogP contribution in [0.2, 0.25) is 0 Å². The zero-order chi connectivity index (χ0) is 20.5. The highest BCUT2D eigenvalue weighted by Gasteiger charge is 2.34. The highest BCUT2D eigenvalue weighted by Crippen LogP contribution is 2.33. The molecule has 0 aliphatic carbocycles. The van der Waals surface area contributed by atoms with Gasteiger partial charge in [-0.05, 0) is 24.6 Å². The maximum Gasteiger partial charge on any atom is 0.419 e. The quantitative estimate of drug-likeness (QED) is 0.526. The maximum absolute atomic E-state index is 14.0. The summed E-state index contributed by atoms with van der Waals surface area (Å²) >= 11 is 0. The van der Waals surface area contributed by atoms with Gasteiger partial charge in [-0.15, -0.1) is 0 Å². The third-order valence-corrected chi connectivity index (χ3v) is 4.00. The molecule has 0 saturated heterocycles. The molecule has 0 aliphatic heterocycles. The largest absolute Gasteiger partial charge is 0.469 e. The number of benzene rings is 1. The normalized spacial score (nSPS) is 12.8. The number of aryl methyl sites for hydroxylation is 1. The third kappa shape index (κ3) is 4.02. The summed E-state index contributed by atoms with van der Waals surface area (Å²) in [4.78, 5) is 19.9. The molecule has 3 rings (SSSR count). The molecular formula is C17H15F4N5O2. The van der Waals surface area contributed by atoms with E-state index in [1.54, 1.807) is 13.0 Å². The van der Waals surface area contributed by atoms with E-state index in [0.29, 0.717) is 17.6 Å². The van der Waals surface area contributed by atoms with Gasteiger partial charge in [0.1, 0.15) is 18.0 Å². The lowest BCUT2D eigenvalue weighted by atomic mass is 10.0. The van der Waals surface area contributed by atoms with Gasteiger partial charge in [-0.25, -0.2) is 9.37 Å². The Labute approximate surface area is 156 Å². The summed E-state index contributed by atoms with van der Waals surface area (Å²) in [5.74, 6) is -1.39. The summed E-state index contributed by atoms with van der Waals surface area (Å²) in [5, 5.41) is 7.00. The van der Waals surface area contributed by atoms with Crippen molar-refractivity contribution < 1.29 is 27.1 Å². The number of methoxy groups -OCH3 is 1. The van der Waals surface area contributed by atoms with Crippen LogP contribution in [-0.2, 0) is 15.7 Å². The van der Waals surface area contributed by atoms with Crippen molar-refractivity contribution >= 4 is 17.6 Å². The van der Waals surface area contributed by atoms with Crippen LogP contribution in [0, 0.1) is 12.7 Å². The Bertz CT molecular complexity index is 1020. The van der Waals surface area contributed by atoms with Crippen molar-refractivity contribution in [2.75, 3.05) is 12.4 Å². The minimum atomic E-state index is -4.82. The number of aromatic nitrogens is 4. The van der Waals surface area contributed by atoms with Crippen LogP contribution in [-0.4, -0.2) is 32.7 Å². The van der Waals surface area contributed by atoms with E-state index in [2.05, 4.69) is 25.1 Å². The summed E-state index contributed by atoms with van der Waals surface area (Å²) in [6.07, 6.45) is -3.79. The first-order valence-corrected chi connectivity index (χ1v) is 8.06. The van der Waals surface area contributed by atoms with Gasteiger partial charge in [0.05, 0.1) is 25.1 Å². The van der Waals surface area contributed by atoms with E-state index in [0.717, 1.165) is 12.1 Å². The standard InChI is InChI=1S/C17H15F4N5O2/c1-9-5-14(26-16(24-9)22-8-23-26)25-13(7-15(27)28-2)10-3-4-11(12(18)6-10)17(19,20)21/h3-6,8,13,25H,7H2,1-2H3/t13-/m1/s1. The van der Waals surface area contributed by atoms with E-state index >= 15 is 0 Å². The number of nitrogens with one attached hydrogen (secondary N) is 1. The molecule has 2 aromatic heterocycles. The number of esters is 1. The second-order valence-corrected chi connectivity index (χ2v) is 5.97. The first kappa shape index (κ1) is 19.5. The first-order valence-electron chi connectivity index (χ1n) is 8.06. The summed E-state index contributed by atoms with van der Waals surface area (Å²) in [7, 11) is 1.18. The van der Waals surface area contributed by atoms with Crippen molar-refractivity contribution in [3.05, 3.63) is 53.2 Å². The number of anilines is 1. The molecule has 3 aromatic rings. The monoisotopic (exact) mass is 397 g/mol. The van der Waals surface area contributed by atoms with E-state index < -0.39 is 29.6 Å². The lowest BCUT2D eigenvalue weighted by molar-refractivity contribution is -0.141. The molecule has 0 unspecified atom stereocenters. The van der Waals surface area contributed by atoms with E-state index in [4.69, 9.17) is 0 Å². The van der Waals surface area contributed by atoms with Crippen LogP contribution in [0.25, 0.3) is 5.78 Å². The second-order valence-electron chi connectivity index (χ2n) is 5.97. The number of rotatable bonds is 5. The summed E-state index contributed by atoms with van der Waals surface area (Å²) in [6, 6.07) is 3.24. The number of hydrogen-bond donors (Lipinski definition) is 1. The van der Waals surface area contributed by atoms with E-state index in [1.165, 1.54) is 18.0 Å². The number of ether oxygens (including phenoxy) is 1. The summed E-state index contributed by atoms with van der Waals surface area (Å²) in [5.41, 5.74) is -0.650. The average molecular weight is 397 g/mol. The van der Waals surface area contributed by atoms with Crippen LogP contribution in [0.5, 0.6) is 0 Å². The Morgan fingerprint density at radius 2 is 2.07 bits per heavy atom. The van der Waals surface area contributed by atoms with Gasteiger partial charge in [0.15, 0.2) is 0 Å². The van der Waals surface area contributed by atoms with Crippen LogP contribution >= 0.6 is 0 Å². The molecular weight excluding hydrogens is 382 g/mol. The van der Waals surface area contributed by atoms with E-state index in [9.17, 15) is 22.4 Å². The SMILES string of the molecule is COC(=O)C[C@@H](Nc1cc(C)nc2ncnn12)c1ccc(C(F)(F)F)c(F)c1. The smallest absolute Gasteiger partial charge is 0.419 e. The number of halogens is 4. The molecule has 0 spiro atoms. The average Bonchev–Trinajstić information content (AvgIpc) is 3.08. The summed E-state index contributed by atoms with van der Waals surface area (Å²) < 4.78 is 58.5. The van der Waals surface area contributed by atoms with Crippen molar-refractivity contribution in [1.29, 1.82) is 0 Å². The Morgan fingerprint density at radius 3 is 2.71 bits per heavy atom. The highest BCUT2D eigenvalue weighted by molar-refractivity contribution is 5.71. The molecule has 1 N–H and O–H groups in total. The molecule has 148 valence electrons. The van der Waals surface area contributed by atoms with Crippen molar-refractivity contribution in [2.45, 2.75) is 25.6 Å². The van der Waals surface area contributed by atoms with Gasteiger partial charge < -0.3 is 10.1 Å². The first-order chi connectivity index (χ1) is 13.2. The van der Waals surface area contributed by atoms with Crippen LogP contribution in [0.1, 0.15) is 29.3 Å². The molecule has 7 nitrogen and oxygen atoms in total. The van der Waals surface area contributed by atoms with Crippen LogP contribution in [0.4, 0.5) is 23.4 Å². The van der Waals surface area contributed by atoms with Crippen LogP contribution in [0.15, 0.2) is 30.6 Å². The van der Waals surface area contributed by atoms with Crippen molar-refractivity contribution in [1.82, 2.24) is 19.6 Å². The fourth-order valence-corrected chi connectivity index (χ4v) is 2.69. The van der Waals surface area contributed by atoms with Crippen molar-refractivity contribution in [2.24, 2.45) is 0 Å².